The summed E-state index contributed by atoms with van der Waals surface area (Å²) >= 11 is 3.51. The second-order valence-corrected chi connectivity index (χ2v) is 16.2. The van der Waals surface area contributed by atoms with Crippen LogP contribution in [0.25, 0.3) is 0 Å². The number of ether oxygens (including phenoxy) is 2. The average Bonchev–Trinajstić information content (AvgIpc) is 2.98. The van der Waals surface area contributed by atoms with Crippen LogP contribution in [0.15, 0.2) is 11.1 Å². The fourth-order valence-electron chi connectivity index (χ4n) is 5.91. The lowest BCUT2D eigenvalue weighted by atomic mass is 9.76. The molecule has 0 unspecified atom stereocenters. The zero-order chi connectivity index (χ0) is 21.9. The lowest BCUT2D eigenvalue weighted by molar-refractivity contribution is -0.144. The van der Waals surface area contributed by atoms with Crippen molar-refractivity contribution in [3.63, 3.8) is 0 Å². The Balaban J connectivity index is 2.14. The Labute approximate surface area is 182 Å². The predicted octanol–water partition coefficient (Wildman–Crippen LogP) is 3.66. The lowest BCUT2D eigenvalue weighted by Crippen LogP contribution is -2.63. The Morgan fingerprint density at radius 2 is 1.76 bits per heavy atom. The Kier molecular flexibility index (Phi) is 6.27. The Morgan fingerprint density at radius 3 is 2.24 bits per heavy atom. The van der Waals surface area contributed by atoms with Crippen LogP contribution in [-0.4, -0.2) is 61.0 Å². The summed E-state index contributed by atoms with van der Waals surface area (Å²) in [5.74, 6) is -0.617. The van der Waals surface area contributed by atoms with Gasteiger partial charge in [-0.05, 0) is 16.6 Å². The van der Waals surface area contributed by atoms with E-state index in [0.29, 0.717) is 27.8 Å². The molecule has 164 valence electrons. The monoisotopic (exact) mass is 488 g/mol. The fourth-order valence-corrected chi connectivity index (χ4v) is 12.1. The van der Waals surface area contributed by atoms with Gasteiger partial charge in [-0.2, -0.15) is 0 Å². The van der Waals surface area contributed by atoms with Crippen LogP contribution < -0.4 is 0 Å². The molecule has 0 spiro atoms. The van der Waals surface area contributed by atoms with Crippen molar-refractivity contribution in [2.24, 2.45) is 0 Å². The highest BCUT2D eigenvalue weighted by Gasteiger charge is 2.66. The summed E-state index contributed by atoms with van der Waals surface area (Å²) in [7, 11) is -0.960. The van der Waals surface area contributed by atoms with Crippen molar-refractivity contribution < 1.29 is 28.6 Å². The average molecular weight is 489 g/mol. The lowest BCUT2D eigenvalue weighted by Gasteiger charge is -2.50. The van der Waals surface area contributed by atoms with Gasteiger partial charge in [-0.25, -0.2) is 4.79 Å². The number of aliphatic hydroxyl groups is 1. The van der Waals surface area contributed by atoms with Crippen molar-refractivity contribution in [1.82, 2.24) is 0 Å². The number of Topliss-reactive ketones (excluding diaryl/α,β-unsaturated/α-hetero) is 1. The van der Waals surface area contributed by atoms with Crippen LogP contribution in [0.5, 0.6) is 0 Å². The summed E-state index contributed by atoms with van der Waals surface area (Å²) < 4.78 is 16.9. The summed E-state index contributed by atoms with van der Waals surface area (Å²) in [4.78, 5) is 25.5. The van der Waals surface area contributed by atoms with Crippen LogP contribution in [-0.2, 0) is 23.5 Å². The molecule has 5 atom stereocenters. The van der Waals surface area contributed by atoms with Crippen LogP contribution >= 0.6 is 15.9 Å². The van der Waals surface area contributed by atoms with Crippen LogP contribution in [0.2, 0.25) is 16.6 Å². The molecular weight excluding hydrogens is 456 g/mol. The van der Waals surface area contributed by atoms with Gasteiger partial charge in [0.15, 0.2) is 5.78 Å². The molecule has 6 nitrogen and oxygen atoms in total. The van der Waals surface area contributed by atoms with Crippen molar-refractivity contribution in [1.29, 1.82) is 0 Å². The zero-order valence-corrected chi connectivity index (χ0v) is 20.9. The van der Waals surface area contributed by atoms with Crippen molar-refractivity contribution in [2.75, 3.05) is 7.11 Å². The normalized spacial score (nSPS) is 34.6. The van der Waals surface area contributed by atoms with E-state index in [1.54, 1.807) is 0 Å². The van der Waals surface area contributed by atoms with Crippen molar-refractivity contribution in [3.8, 4) is 0 Å². The first-order valence-corrected chi connectivity index (χ1v) is 13.4. The number of ketones is 1. The maximum Gasteiger partial charge on any atom is 0.336 e. The Morgan fingerprint density at radius 1 is 1.21 bits per heavy atom. The van der Waals surface area contributed by atoms with E-state index in [0.717, 1.165) is 0 Å². The minimum Gasteiger partial charge on any atom is -0.466 e. The van der Waals surface area contributed by atoms with Crippen LogP contribution in [0.3, 0.4) is 0 Å². The van der Waals surface area contributed by atoms with Gasteiger partial charge in [0.2, 0.25) is 8.32 Å². The number of hydrogen-bond donors (Lipinski definition) is 1. The van der Waals surface area contributed by atoms with Gasteiger partial charge in [0, 0.05) is 18.4 Å². The Hall–Kier alpha value is -0.543. The molecule has 3 aliphatic rings. The molecule has 0 aromatic rings. The van der Waals surface area contributed by atoms with E-state index in [2.05, 4.69) is 57.5 Å². The van der Waals surface area contributed by atoms with Crippen LogP contribution in [0, 0.1) is 0 Å². The summed E-state index contributed by atoms with van der Waals surface area (Å²) in [6.45, 7) is 13.2. The molecule has 1 N–H and O–H groups in total. The molecule has 2 aliphatic heterocycles. The first-order valence-electron chi connectivity index (χ1n) is 10.5. The molecule has 1 saturated heterocycles. The molecular formula is C21H33BrO6Si. The number of aliphatic hydroxyl groups excluding tert-OH is 1. The number of carbonyl (C=O) groups is 2. The van der Waals surface area contributed by atoms with E-state index in [9.17, 15) is 14.7 Å². The van der Waals surface area contributed by atoms with Gasteiger partial charge in [0.1, 0.15) is 10.4 Å². The number of halogens is 1. The quantitative estimate of drug-likeness (QED) is 0.349. The molecule has 29 heavy (non-hydrogen) atoms. The molecule has 2 heterocycles. The standard InChI is InChI=1S/C21H33BrO6Si/c1-10(2)29(11(3)4,12(5)6)28-14-9-16(24)21(22)15(23)8-13-18(20(25)26-7)17(14)19(21)27-13/h10-14,16,19,24H,8-9H2,1-7H3/t13-,14+,16+,19-,21-/m1/s1. The third kappa shape index (κ3) is 3.21. The van der Waals surface area contributed by atoms with Gasteiger partial charge < -0.3 is 19.0 Å². The van der Waals surface area contributed by atoms with E-state index < -0.39 is 43.0 Å². The summed E-state index contributed by atoms with van der Waals surface area (Å²) in [6, 6.07) is 0. The van der Waals surface area contributed by atoms with Gasteiger partial charge in [-0.15, -0.1) is 0 Å². The van der Waals surface area contributed by atoms with Crippen molar-refractivity contribution >= 4 is 36.0 Å². The highest BCUT2D eigenvalue weighted by molar-refractivity contribution is 9.10. The van der Waals surface area contributed by atoms with Gasteiger partial charge >= 0.3 is 5.97 Å². The topological polar surface area (TPSA) is 82.1 Å². The molecule has 1 aliphatic carbocycles. The van der Waals surface area contributed by atoms with E-state index in [1.165, 1.54) is 7.11 Å². The summed E-state index contributed by atoms with van der Waals surface area (Å²) in [5.41, 5.74) is 2.14. The van der Waals surface area contributed by atoms with Gasteiger partial charge in [0.25, 0.3) is 0 Å². The number of esters is 1. The maximum atomic E-state index is 12.9. The van der Waals surface area contributed by atoms with Gasteiger partial charge in [0.05, 0.1) is 31.0 Å². The molecule has 8 heteroatoms. The molecule has 0 aromatic carbocycles. The van der Waals surface area contributed by atoms with E-state index in [1.807, 2.05) is 0 Å². The molecule has 0 radical (unpaired) electrons. The Bertz CT molecular complexity index is 711. The molecule has 2 bridgehead atoms. The van der Waals surface area contributed by atoms with Gasteiger partial charge in [-0.1, -0.05) is 57.5 Å². The summed E-state index contributed by atoms with van der Waals surface area (Å²) in [6.07, 6.45) is -2.48. The minimum atomic E-state index is -2.30. The first-order chi connectivity index (χ1) is 13.4. The third-order valence-corrected chi connectivity index (χ3v) is 14.6. The molecule has 0 amide bonds. The highest BCUT2D eigenvalue weighted by atomic mass is 79.9. The third-order valence-electron chi connectivity index (χ3n) is 7.12. The molecule has 1 saturated carbocycles. The largest absolute Gasteiger partial charge is 0.466 e. The second-order valence-electron chi connectivity index (χ2n) is 9.44. The van der Waals surface area contributed by atoms with Crippen molar-refractivity contribution in [2.45, 2.75) is 99.7 Å². The molecule has 0 aromatic heterocycles. The number of alkyl halides is 1. The fraction of sp³-hybridized carbons (Fsp3) is 0.810. The van der Waals surface area contributed by atoms with E-state index in [-0.39, 0.29) is 18.6 Å². The number of carbonyl (C=O) groups excluding carboxylic acids is 2. The van der Waals surface area contributed by atoms with Crippen LogP contribution in [0.1, 0.15) is 54.4 Å². The molecule has 3 rings (SSSR count). The SMILES string of the molecule is COC(=O)C1=C2[C@@H](O[Si](C(C)C)(C(C)C)C(C)C)C[C@H](O)[C@]3(Br)C(=O)C[C@H]1O[C@H]23. The van der Waals surface area contributed by atoms with E-state index in [4.69, 9.17) is 13.9 Å². The van der Waals surface area contributed by atoms with Crippen LogP contribution in [0.4, 0.5) is 0 Å². The number of hydrogen-bond acceptors (Lipinski definition) is 6. The minimum absolute atomic E-state index is 0.0422. The van der Waals surface area contributed by atoms with Gasteiger partial charge in [-0.3, -0.25) is 4.79 Å². The zero-order valence-electron chi connectivity index (χ0n) is 18.3. The van der Waals surface area contributed by atoms with Crippen molar-refractivity contribution in [3.05, 3.63) is 11.1 Å². The number of methoxy groups -OCH3 is 1. The van der Waals surface area contributed by atoms with E-state index >= 15 is 0 Å². The second kappa shape index (κ2) is 7.86. The summed E-state index contributed by atoms with van der Waals surface area (Å²) in [5, 5.41) is 11.0. The predicted molar refractivity (Wildman–Crippen MR) is 116 cm³/mol. The molecule has 2 fully saturated rings. The number of fused-ring (bicyclic) bond motifs is 1. The number of rotatable bonds is 6. The smallest absolute Gasteiger partial charge is 0.336 e. The maximum absolute atomic E-state index is 12.9. The highest BCUT2D eigenvalue weighted by Crippen LogP contribution is 2.55. The first kappa shape index (κ1) is 23.1.